The van der Waals surface area contributed by atoms with Crippen LogP contribution in [0.5, 0.6) is 0 Å². The SMILES string of the molecule is CCN(CC)C(=O)NCCN1CCCC(C)C1. The van der Waals surface area contributed by atoms with E-state index in [1.54, 1.807) is 0 Å². The molecule has 1 fully saturated rings. The van der Waals surface area contributed by atoms with E-state index < -0.39 is 0 Å². The molecule has 1 heterocycles. The number of hydrogen-bond donors (Lipinski definition) is 1. The topological polar surface area (TPSA) is 35.6 Å². The summed E-state index contributed by atoms with van der Waals surface area (Å²) in [6, 6.07) is 0.0695. The molecule has 1 unspecified atom stereocenters. The van der Waals surface area contributed by atoms with Crippen LogP contribution in [0.2, 0.25) is 0 Å². The van der Waals surface area contributed by atoms with Crippen LogP contribution in [0.1, 0.15) is 33.6 Å². The molecule has 1 atom stereocenters. The number of rotatable bonds is 5. The summed E-state index contributed by atoms with van der Waals surface area (Å²) in [4.78, 5) is 16.0. The minimum absolute atomic E-state index is 0.0695. The molecular formula is C13H27N3O. The quantitative estimate of drug-likeness (QED) is 0.796. The Morgan fingerprint density at radius 2 is 2.12 bits per heavy atom. The van der Waals surface area contributed by atoms with Crippen molar-refractivity contribution < 1.29 is 4.79 Å². The first-order valence-corrected chi connectivity index (χ1v) is 6.92. The van der Waals surface area contributed by atoms with Gasteiger partial charge in [0.15, 0.2) is 0 Å². The average Bonchev–Trinajstić information content (AvgIpc) is 2.30. The first-order chi connectivity index (χ1) is 8.17. The zero-order valence-electron chi connectivity index (χ0n) is 11.5. The van der Waals surface area contributed by atoms with Crippen molar-refractivity contribution >= 4 is 6.03 Å². The molecule has 1 rings (SSSR count). The predicted molar refractivity (Wildman–Crippen MR) is 71.2 cm³/mol. The normalized spacial score (nSPS) is 21.2. The lowest BCUT2D eigenvalue weighted by Crippen LogP contribution is -2.44. The second-order valence-electron chi connectivity index (χ2n) is 4.95. The van der Waals surface area contributed by atoms with Crippen LogP contribution in [0.25, 0.3) is 0 Å². The molecule has 1 saturated heterocycles. The van der Waals surface area contributed by atoms with Gasteiger partial charge in [-0.2, -0.15) is 0 Å². The number of piperidine rings is 1. The molecule has 0 saturated carbocycles. The number of carbonyl (C=O) groups excluding carboxylic acids is 1. The number of nitrogens with zero attached hydrogens (tertiary/aromatic N) is 2. The van der Waals surface area contributed by atoms with Gasteiger partial charge in [0.05, 0.1) is 0 Å². The highest BCUT2D eigenvalue weighted by molar-refractivity contribution is 5.74. The summed E-state index contributed by atoms with van der Waals surface area (Å²) in [5.74, 6) is 0.808. The smallest absolute Gasteiger partial charge is 0.317 e. The predicted octanol–water partition coefficient (Wildman–Crippen LogP) is 1.77. The average molecular weight is 241 g/mol. The molecule has 0 aromatic rings. The maximum absolute atomic E-state index is 11.7. The highest BCUT2D eigenvalue weighted by Gasteiger charge is 2.16. The number of urea groups is 1. The van der Waals surface area contributed by atoms with Gasteiger partial charge >= 0.3 is 6.03 Å². The maximum Gasteiger partial charge on any atom is 0.317 e. The molecule has 100 valence electrons. The van der Waals surface area contributed by atoms with Gasteiger partial charge in [-0.25, -0.2) is 4.79 Å². The number of likely N-dealkylation sites (tertiary alicyclic amines) is 1. The van der Waals surface area contributed by atoms with E-state index in [0.29, 0.717) is 0 Å². The fourth-order valence-electron chi connectivity index (χ4n) is 2.43. The number of amides is 2. The summed E-state index contributed by atoms with van der Waals surface area (Å²) in [7, 11) is 0. The summed E-state index contributed by atoms with van der Waals surface area (Å²) in [5, 5.41) is 2.99. The van der Waals surface area contributed by atoms with Gasteiger partial charge in [0.25, 0.3) is 0 Å². The van der Waals surface area contributed by atoms with Crippen LogP contribution in [0, 0.1) is 5.92 Å². The molecule has 4 heteroatoms. The van der Waals surface area contributed by atoms with Crippen LogP contribution in [0.15, 0.2) is 0 Å². The molecular weight excluding hydrogens is 214 g/mol. The maximum atomic E-state index is 11.7. The van der Waals surface area contributed by atoms with Gasteiger partial charge in [0.1, 0.15) is 0 Å². The molecule has 0 aromatic carbocycles. The summed E-state index contributed by atoms with van der Waals surface area (Å²) in [5.41, 5.74) is 0. The molecule has 0 bridgehead atoms. The largest absolute Gasteiger partial charge is 0.337 e. The Morgan fingerprint density at radius 3 is 2.71 bits per heavy atom. The summed E-state index contributed by atoms with van der Waals surface area (Å²) in [6.07, 6.45) is 2.65. The first kappa shape index (κ1) is 14.3. The first-order valence-electron chi connectivity index (χ1n) is 6.92. The molecule has 0 aromatic heterocycles. The Morgan fingerprint density at radius 1 is 1.41 bits per heavy atom. The van der Waals surface area contributed by atoms with Gasteiger partial charge in [-0.05, 0) is 39.2 Å². The third-order valence-corrected chi connectivity index (χ3v) is 3.50. The second-order valence-corrected chi connectivity index (χ2v) is 4.95. The lowest BCUT2D eigenvalue weighted by Gasteiger charge is -2.31. The van der Waals surface area contributed by atoms with Crippen LogP contribution < -0.4 is 5.32 Å². The third-order valence-electron chi connectivity index (χ3n) is 3.50. The zero-order chi connectivity index (χ0) is 12.7. The molecule has 1 aliphatic heterocycles. The van der Waals surface area contributed by atoms with Crippen molar-refractivity contribution in [2.24, 2.45) is 5.92 Å². The van der Waals surface area contributed by atoms with Crippen molar-refractivity contribution in [2.75, 3.05) is 39.3 Å². The molecule has 0 spiro atoms. The minimum atomic E-state index is 0.0695. The number of nitrogens with one attached hydrogen (secondary N) is 1. The molecule has 1 N–H and O–H groups in total. The van der Waals surface area contributed by atoms with Gasteiger partial charge in [0.2, 0.25) is 0 Å². The Labute approximate surface area is 105 Å². The van der Waals surface area contributed by atoms with Gasteiger partial charge < -0.3 is 15.1 Å². The van der Waals surface area contributed by atoms with Gasteiger partial charge in [0, 0.05) is 32.7 Å². The van der Waals surface area contributed by atoms with Crippen LogP contribution in [0.4, 0.5) is 4.79 Å². The van der Waals surface area contributed by atoms with Crippen molar-refractivity contribution in [2.45, 2.75) is 33.6 Å². The third kappa shape index (κ3) is 4.94. The van der Waals surface area contributed by atoms with Gasteiger partial charge in [-0.15, -0.1) is 0 Å². The fourth-order valence-corrected chi connectivity index (χ4v) is 2.43. The van der Waals surface area contributed by atoms with Crippen molar-refractivity contribution in [3.05, 3.63) is 0 Å². The lowest BCUT2D eigenvalue weighted by atomic mass is 10.0. The highest BCUT2D eigenvalue weighted by atomic mass is 16.2. The molecule has 4 nitrogen and oxygen atoms in total. The van der Waals surface area contributed by atoms with E-state index in [0.717, 1.165) is 32.1 Å². The van der Waals surface area contributed by atoms with Crippen LogP contribution in [-0.2, 0) is 0 Å². The van der Waals surface area contributed by atoms with Gasteiger partial charge in [-0.1, -0.05) is 6.92 Å². The lowest BCUT2D eigenvalue weighted by molar-refractivity contribution is 0.178. The summed E-state index contributed by atoms with van der Waals surface area (Å²) in [6.45, 7) is 12.0. The molecule has 1 aliphatic rings. The van der Waals surface area contributed by atoms with E-state index in [9.17, 15) is 4.79 Å². The monoisotopic (exact) mass is 241 g/mol. The van der Waals surface area contributed by atoms with Crippen molar-refractivity contribution in [1.29, 1.82) is 0 Å². The summed E-state index contributed by atoms with van der Waals surface area (Å²) >= 11 is 0. The molecule has 0 aliphatic carbocycles. The Kier molecular flexibility index (Phi) is 6.34. The summed E-state index contributed by atoms with van der Waals surface area (Å²) < 4.78 is 0. The van der Waals surface area contributed by atoms with E-state index in [2.05, 4.69) is 17.1 Å². The highest BCUT2D eigenvalue weighted by Crippen LogP contribution is 2.14. The van der Waals surface area contributed by atoms with E-state index in [1.165, 1.54) is 25.9 Å². The number of hydrogen-bond acceptors (Lipinski definition) is 2. The van der Waals surface area contributed by atoms with Gasteiger partial charge in [-0.3, -0.25) is 0 Å². The standard InChI is InChI=1S/C13H27N3O/c1-4-16(5-2)13(17)14-8-10-15-9-6-7-12(3)11-15/h12H,4-11H2,1-3H3,(H,14,17). The van der Waals surface area contributed by atoms with E-state index >= 15 is 0 Å². The molecule has 17 heavy (non-hydrogen) atoms. The van der Waals surface area contributed by atoms with E-state index in [1.807, 2.05) is 18.7 Å². The zero-order valence-corrected chi connectivity index (χ0v) is 11.5. The second kappa shape index (κ2) is 7.54. The van der Waals surface area contributed by atoms with E-state index in [-0.39, 0.29) is 6.03 Å². The molecule has 2 amide bonds. The Balaban J connectivity index is 2.16. The fraction of sp³-hybridized carbons (Fsp3) is 0.923. The molecule has 0 radical (unpaired) electrons. The number of carbonyl (C=O) groups is 1. The van der Waals surface area contributed by atoms with E-state index in [4.69, 9.17) is 0 Å². The van der Waals surface area contributed by atoms with Crippen molar-refractivity contribution in [3.63, 3.8) is 0 Å². The van der Waals surface area contributed by atoms with Crippen LogP contribution in [-0.4, -0.2) is 55.1 Å². The van der Waals surface area contributed by atoms with Crippen molar-refractivity contribution in [1.82, 2.24) is 15.1 Å². The Bertz CT molecular complexity index is 229. The Hall–Kier alpha value is -0.770. The minimum Gasteiger partial charge on any atom is -0.337 e. The van der Waals surface area contributed by atoms with Crippen LogP contribution >= 0.6 is 0 Å². The van der Waals surface area contributed by atoms with Crippen molar-refractivity contribution in [3.8, 4) is 0 Å². The van der Waals surface area contributed by atoms with Crippen LogP contribution in [0.3, 0.4) is 0 Å².